The molecule has 8 heteroatoms. The Balaban J connectivity index is 1.36. The van der Waals surface area contributed by atoms with Gasteiger partial charge in [0.15, 0.2) is 16.7 Å². The molecule has 32 heavy (non-hydrogen) atoms. The van der Waals surface area contributed by atoms with Gasteiger partial charge in [0.2, 0.25) is 0 Å². The highest BCUT2D eigenvalue weighted by Gasteiger charge is 2.24. The number of methoxy groups -OCH3 is 2. The van der Waals surface area contributed by atoms with Crippen molar-refractivity contribution in [2.45, 2.75) is 43.3 Å². The Morgan fingerprint density at radius 2 is 1.81 bits per heavy atom. The van der Waals surface area contributed by atoms with Gasteiger partial charge in [-0.15, -0.1) is 0 Å². The maximum atomic E-state index is 6.54. The SMILES string of the molecule is COc1cc(Cl)c(CN2CCCC(c3ccnc(SCCN4CCCC4)n3)C2)cc1OC. The molecule has 0 saturated carbocycles. The topological polar surface area (TPSA) is 50.7 Å². The number of piperidine rings is 1. The average molecular weight is 477 g/mol. The van der Waals surface area contributed by atoms with Crippen molar-refractivity contribution in [3.63, 3.8) is 0 Å². The highest BCUT2D eigenvalue weighted by atomic mass is 35.5. The van der Waals surface area contributed by atoms with Crippen molar-refractivity contribution in [2.24, 2.45) is 0 Å². The van der Waals surface area contributed by atoms with Gasteiger partial charge in [-0.05, 0) is 63.0 Å². The van der Waals surface area contributed by atoms with Gasteiger partial charge >= 0.3 is 0 Å². The van der Waals surface area contributed by atoms with Crippen LogP contribution in [0.2, 0.25) is 5.02 Å². The summed E-state index contributed by atoms with van der Waals surface area (Å²) >= 11 is 8.31. The molecule has 2 aliphatic heterocycles. The van der Waals surface area contributed by atoms with Crippen LogP contribution in [0.25, 0.3) is 0 Å². The lowest BCUT2D eigenvalue weighted by molar-refractivity contribution is 0.198. The second-order valence-corrected chi connectivity index (χ2v) is 10.0. The summed E-state index contributed by atoms with van der Waals surface area (Å²) in [5.74, 6) is 2.85. The maximum Gasteiger partial charge on any atom is 0.187 e. The Kier molecular flexibility index (Phi) is 8.52. The predicted octanol–water partition coefficient (Wildman–Crippen LogP) is 4.71. The predicted molar refractivity (Wildman–Crippen MR) is 130 cm³/mol. The summed E-state index contributed by atoms with van der Waals surface area (Å²) in [5.41, 5.74) is 2.22. The van der Waals surface area contributed by atoms with Gasteiger partial charge in [0.05, 0.1) is 14.2 Å². The largest absolute Gasteiger partial charge is 0.493 e. The van der Waals surface area contributed by atoms with Gasteiger partial charge in [-0.1, -0.05) is 23.4 Å². The highest BCUT2D eigenvalue weighted by Crippen LogP contribution is 2.35. The number of hydrogen-bond donors (Lipinski definition) is 0. The molecule has 0 bridgehead atoms. The monoisotopic (exact) mass is 476 g/mol. The fraction of sp³-hybridized carbons (Fsp3) is 0.583. The van der Waals surface area contributed by atoms with E-state index < -0.39 is 0 Å². The summed E-state index contributed by atoms with van der Waals surface area (Å²) in [6.45, 7) is 6.43. The fourth-order valence-electron chi connectivity index (χ4n) is 4.62. The Labute approximate surface area is 200 Å². The maximum absolute atomic E-state index is 6.54. The minimum absolute atomic E-state index is 0.420. The van der Waals surface area contributed by atoms with E-state index in [0.717, 1.165) is 61.2 Å². The number of likely N-dealkylation sites (tertiary alicyclic amines) is 2. The molecular formula is C24H33ClN4O2S. The minimum Gasteiger partial charge on any atom is -0.493 e. The van der Waals surface area contributed by atoms with E-state index in [1.807, 2.05) is 18.3 Å². The van der Waals surface area contributed by atoms with E-state index in [-0.39, 0.29) is 0 Å². The molecule has 0 radical (unpaired) electrons. The van der Waals surface area contributed by atoms with Crippen LogP contribution in [0.4, 0.5) is 0 Å². The van der Waals surface area contributed by atoms with Crippen LogP contribution >= 0.6 is 23.4 Å². The molecule has 0 aliphatic carbocycles. The summed E-state index contributed by atoms with van der Waals surface area (Å²) in [7, 11) is 3.28. The van der Waals surface area contributed by atoms with E-state index in [2.05, 4.69) is 20.9 Å². The second-order valence-electron chi connectivity index (χ2n) is 8.53. The van der Waals surface area contributed by atoms with Gasteiger partial charge in [-0.2, -0.15) is 0 Å². The van der Waals surface area contributed by atoms with E-state index in [1.54, 1.807) is 26.0 Å². The third-order valence-corrected chi connectivity index (χ3v) is 7.56. The number of halogens is 1. The van der Waals surface area contributed by atoms with Gasteiger partial charge in [0, 0.05) is 54.3 Å². The van der Waals surface area contributed by atoms with Crippen molar-refractivity contribution in [1.29, 1.82) is 0 Å². The number of benzene rings is 1. The molecule has 1 unspecified atom stereocenters. The molecule has 174 valence electrons. The molecular weight excluding hydrogens is 444 g/mol. The standard InChI is InChI=1S/C24H33ClN4O2S/c1-30-22-14-19(20(25)15-23(22)31-2)17-29-11-5-6-18(16-29)21-7-8-26-24(27-21)32-13-12-28-9-3-4-10-28/h7-8,14-15,18H,3-6,9-13,16-17H2,1-2H3. The first-order valence-electron chi connectivity index (χ1n) is 11.5. The van der Waals surface area contributed by atoms with Crippen LogP contribution in [-0.2, 0) is 6.54 Å². The van der Waals surface area contributed by atoms with Gasteiger partial charge in [-0.3, -0.25) is 4.90 Å². The number of aromatic nitrogens is 2. The van der Waals surface area contributed by atoms with Crippen LogP contribution in [0.1, 0.15) is 42.9 Å². The van der Waals surface area contributed by atoms with Crippen LogP contribution in [0.15, 0.2) is 29.6 Å². The third-order valence-electron chi connectivity index (χ3n) is 6.36. The molecule has 4 rings (SSSR count). The van der Waals surface area contributed by atoms with Crippen molar-refractivity contribution in [3.8, 4) is 11.5 Å². The highest BCUT2D eigenvalue weighted by molar-refractivity contribution is 7.99. The van der Waals surface area contributed by atoms with Gasteiger partial charge in [0.1, 0.15) is 0 Å². The van der Waals surface area contributed by atoms with E-state index in [9.17, 15) is 0 Å². The first-order chi connectivity index (χ1) is 15.7. The molecule has 3 heterocycles. The molecule has 0 spiro atoms. The molecule has 1 atom stereocenters. The molecule has 2 saturated heterocycles. The Bertz CT molecular complexity index is 894. The number of hydrogen-bond acceptors (Lipinski definition) is 7. The molecule has 6 nitrogen and oxygen atoms in total. The Morgan fingerprint density at radius 1 is 1.06 bits per heavy atom. The van der Waals surface area contributed by atoms with Crippen LogP contribution in [0.5, 0.6) is 11.5 Å². The zero-order chi connectivity index (χ0) is 22.3. The lowest BCUT2D eigenvalue weighted by atomic mass is 9.94. The minimum atomic E-state index is 0.420. The zero-order valence-electron chi connectivity index (χ0n) is 19.1. The van der Waals surface area contributed by atoms with Crippen molar-refractivity contribution in [2.75, 3.05) is 52.7 Å². The summed E-state index contributed by atoms with van der Waals surface area (Å²) in [6.07, 6.45) is 6.90. The van der Waals surface area contributed by atoms with Gasteiger partial charge in [0.25, 0.3) is 0 Å². The van der Waals surface area contributed by atoms with Crippen molar-refractivity contribution >= 4 is 23.4 Å². The molecule has 1 aromatic carbocycles. The third kappa shape index (κ3) is 6.07. The smallest absolute Gasteiger partial charge is 0.187 e. The van der Waals surface area contributed by atoms with E-state index in [0.29, 0.717) is 22.4 Å². The zero-order valence-corrected chi connectivity index (χ0v) is 20.6. The molecule has 0 amide bonds. The van der Waals surface area contributed by atoms with Crippen molar-refractivity contribution < 1.29 is 9.47 Å². The molecule has 1 aromatic heterocycles. The lowest BCUT2D eigenvalue weighted by Crippen LogP contribution is -2.34. The first-order valence-corrected chi connectivity index (χ1v) is 12.8. The van der Waals surface area contributed by atoms with Crippen LogP contribution in [0.3, 0.4) is 0 Å². The first kappa shape index (κ1) is 23.6. The number of nitrogens with zero attached hydrogens (tertiary/aromatic N) is 4. The summed E-state index contributed by atoms with van der Waals surface area (Å²) in [5, 5.41) is 1.62. The molecule has 2 fully saturated rings. The number of thioether (sulfide) groups is 1. The summed E-state index contributed by atoms with van der Waals surface area (Å²) in [6, 6.07) is 5.92. The normalized spacial score (nSPS) is 19.9. The van der Waals surface area contributed by atoms with Gasteiger partial charge in [-0.25, -0.2) is 9.97 Å². The Morgan fingerprint density at radius 3 is 2.59 bits per heavy atom. The van der Waals surface area contributed by atoms with Crippen molar-refractivity contribution in [1.82, 2.24) is 19.8 Å². The van der Waals surface area contributed by atoms with E-state index in [4.69, 9.17) is 26.1 Å². The fourth-order valence-corrected chi connectivity index (χ4v) is 5.67. The Hall–Kier alpha value is -1.54. The van der Waals surface area contributed by atoms with Crippen LogP contribution in [0, 0.1) is 0 Å². The number of ether oxygens (including phenoxy) is 2. The van der Waals surface area contributed by atoms with Gasteiger partial charge < -0.3 is 14.4 Å². The molecule has 2 aromatic rings. The quantitative estimate of drug-likeness (QED) is 0.383. The van der Waals surface area contributed by atoms with Crippen LogP contribution < -0.4 is 9.47 Å². The van der Waals surface area contributed by atoms with Crippen molar-refractivity contribution in [3.05, 3.63) is 40.7 Å². The summed E-state index contributed by atoms with van der Waals surface area (Å²) < 4.78 is 10.8. The molecule has 2 aliphatic rings. The average Bonchev–Trinajstić information content (AvgIpc) is 3.34. The summed E-state index contributed by atoms with van der Waals surface area (Å²) in [4.78, 5) is 14.4. The second kappa shape index (κ2) is 11.5. The number of rotatable bonds is 9. The van der Waals surface area contributed by atoms with Crippen LogP contribution in [-0.4, -0.2) is 72.5 Å². The molecule has 0 N–H and O–H groups in total. The lowest BCUT2D eigenvalue weighted by Gasteiger charge is -2.32. The van der Waals surface area contributed by atoms with E-state index in [1.165, 1.54) is 25.9 Å². The van der Waals surface area contributed by atoms with E-state index >= 15 is 0 Å².